The van der Waals surface area contributed by atoms with Crippen LogP contribution in [0.4, 0.5) is 5.69 Å². The van der Waals surface area contributed by atoms with Crippen LogP contribution >= 0.6 is 0 Å². The van der Waals surface area contributed by atoms with E-state index in [1.807, 2.05) is 43.3 Å². The van der Waals surface area contributed by atoms with Crippen molar-refractivity contribution in [3.8, 4) is 11.8 Å². The lowest BCUT2D eigenvalue weighted by Gasteiger charge is -2.40. The first-order chi connectivity index (χ1) is 20.8. The van der Waals surface area contributed by atoms with Gasteiger partial charge in [-0.2, -0.15) is 5.26 Å². The van der Waals surface area contributed by atoms with Gasteiger partial charge in [-0.05, 0) is 73.2 Å². The van der Waals surface area contributed by atoms with Crippen LogP contribution in [0.2, 0.25) is 0 Å². The SMILES string of the molecule is CCOC(=O)[C@H](Cc1ccc(OCCN2CCC(C)(C)c3cc(/C(=N/OC)c4ccc(C#N)cc4)ccc32)cc1)OCC. The van der Waals surface area contributed by atoms with E-state index >= 15 is 0 Å². The summed E-state index contributed by atoms with van der Waals surface area (Å²) in [4.78, 5) is 19.8. The molecule has 0 saturated carbocycles. The number of carbonyl (C=O) groups is 1. The van der Waals surface area contributed by atoms with Crippen molar-refractivity contribution in [3.05, 3.63) is 94.5 Å². The third-order valence-corrected chi connectivity index (χ3v) is 7.71. The van der Waals surface area contributed by atoms with Crippen LogP contribution in [-0.2, 0) is 30.9 Å². The molecule has 226 valence electrons. The van der Waals surface area contributed by atoms with Gasteiger partial charge in [0.05, 0.1) is 24.8 Å². The highest BCUT2D eigenvalue weighted by Crippen LogP contribution is 2.40. The molecule has 0 fully saturated rings. The number of benzene rings is 3. The normalized spacial score (nSPS) is 14.8. The van der Waals surface area contributed by atoms with Gasteiger partial charge in [-0.15, -0.1) is 0 Å². The number of anilines is 1. The smallest absolute Gasteiger partial charge is 0.335 e. The van der Waals surface area contributed by atoms with Gasteiger partial charge in [0.25, 0.3) is 0 Å². The molecule has 0 amide bonds. The van der Waals surface area contributed by atoms with Gasteiger partial charge >= 0.3 is 5.97 Å². The molecule has 0 aromatic heterocycles. The van der Waals surface area contributed by atoms with E-state index in [0.717, 1.165) is 47.7 Å². The van der Waals surface area contributed by atoms with Gasteiger partial charge < -0.3 is 23.9 Å². The molecular weight excluding hydrogens is 542 g/mol. The second-order valence-electron chi connectivity index (χ2n) is 11.1. The maximum Gasteiger partial charge on any atom is 0.335 e. The van der Waals surface area contributed by atoms with Crippen molar-refractivity contribution in [2.75, 3.05) is 44.9 Å². The van der Waals surface area contributed by atoms with E-state index in [2.05, 4.69) is 48.2 Å². The zero-order valence-electron chi connectivity index (χ0n) is 25.8. The Morgan fingerprint density at radius 2 is 1.74 bits per heavy atom. The van der Waals surface area contributed by atoms with Crippen molar-refractivity contribution in [1.29, 1.82) is 5.26 Å². The first-order valence-corrected chi connectivity index (χ1v) is 14.8. The van der Waals surface area contributed by atoms with Gasteiger partial charge in [-0.1, -0.05) is 49.3 Å². The number of nitrogens with zero attached hydrogens (tertiary/aromatic N) is 3. The predicted molar refractivity (Wildman–Crippen MR) is 168 cm³/mol. The maximum atomic E-state index is 12.2. The van der Waals surface area contributed by atoms with Crippen LogP contribution in [0.25, 0.3) is 0 Å². The summed E-state index contributed by atoms with van der Waals surface area (Å²) in [6, 6.07) is 23.8. The zero-order valence-corrected chi connectivity index (χ0v) is 25.8. The third-order valence-electron chi connectivity index (χ3n) is 7.71. The summed E-state index contributed by atoms with van der Waals surface area (Å²) in [5.74, 6) is 0.446. The quantitative estimate of drug-likeness (QED) is 0.138. The van der Waals surface area contributed by atoms with E-state index in [0.29, 0.717) is 31.8 Å². The Hall–Kier alpha value is -4.35. The van der Waals surface area contributed by atoms with Crippen molar-refractivity contribution >= 4 is 17.4 Å². The molecule has 8 heteroatoms. The molecule has 0 radical (unpaired) electrons. The fourth-order valence-corrected chi connectivity index (χ4v) is 5.33. The minimum absolute atomic E-state index is 0.00964. The Bertz CT molecular complexity index is 1440. The number of ether oxygens (including phenoxy) is 3. The number of esters is 1. The van der Waals surface area contributed by atoms with Crippen LogP contribution in [0.3, 0.4) is 0 Å². The predicted octanol–water partition coefficient (Wildman–Crippen LogP) is 6.03. The average molecular weight is 584 g/mol. The molecule has 3 aromatic rings. The Morgan fingerprint density at radius 3 is 2.40 bits per heavy atom. The van der Waals surface area contributed by atoms with Crippen LogP contribution in [-0.4, -0.2) is 57.8 Å². The Kier molecular flexibility index (Phi) is 10.8. The van der Waals surface area contributed by atoms with Crippen molar-refractivity contribution in [1.82, 2.24) is 0 Å². The lowest BCUT2D eigenvalue weighted by Crippen LogP contribution is -2.39. The number of rotatable bonds is 13. The fourth-order valence-electron chi connectivity index (χ4n) is 5.33. The lowest BCUT2D eigenvalue weighted by molar-refractivity contribution is -0.156. The van der Waals surface area contributed by atoms with E-state index in [-0.39, 0.29) is 11.4 Å². The molecule has 3 aromatic carbocycles. The molecule has 0 saturated heterocycles. The molecule has 0 unspecified atom stereocenters. The highest BCUT2D eigenvalue weighted by atomic mass is 16.6. The largest absolute Gasteiger partial charge is 0.492 e. The van der Waals surface area contributed by atoms with Crippen molar-refractivity contribution in [2.24, 2.45) is 5.16 Å². The van der Waals surface area contributed by atoms with Crippen LogP contribution in [0.15, 0.2) is 71.9 Å². The summed E-state index contributed by atoms with van der Waals surface area (Å²) in [6.07, 6.45) is 0.853. The average Bonchev–Trinajstić information content (AvgIpc) is 3.01. The summed E-state index contributed by atoms with van der Waals surface area (Å²) < 4.78 is 16.9. The number of fused-ring (bicyclic) bond motifs is 1. The highest BCUT2D eigenvalue weighted by Gasteiger charge is 2.32. The standard InChI is InChI=1S/C35H41N3O5/c1-6-41-32(34(39)42-7-2)22-25-10-15-29(16-11-25)43-21-20-38-19-18-35(3,4)30-23-28(14-17-31(30)38)33(37-40-5)27-12-8-26(24-36)9-13-27/h8-17,23,32H,6-7,18-22H2,1-5H3/b37-33+/t32-/m0/s1. The van der Waals surface area contributed by atoms with Gasteiger partial charge in [-0.25, -0.2) is 4.79 Å². The van der Waals surface area contributed by atoms with E-state index < -0.39 is 6.10 Å². The minimum atomic E-state index is -0.610. The van der Waals surface area contributed by atoms with Crippen LogP contribution in [0.1, 0.15) is 61.9 Å². The molecule has 8 nitrogen and oxygen atoms in total. The summed E-state index contributed by atoms with van der Waals surface area (Å²) >= 11 is 0. The Labute approximate surface area is 254 Å². The highest BCUT2D eigenvalue weighted by molar-refractivity contribution is 6.13. The minimum Gasteiger partial charge on any atom is -0.492 e. The van der Waals surface area contributed by atoms with E-state index in [1.165, 1.54) is 11.3 Å². The van der Waals surface area contributed by atoms with Crippen molar-refractivity contribution < 1.29 is 23.8 Å². The third kappa shape index (κ3) is 7.94. The summed E-state index contributed by atoms with van der Waals surface area (Å²) in [6.45, 7) is 11.2. The Balaban J connectivity index is 1.44. The molecule has 43 heavy (non-hydrogen) atoms. The molecule has 1 aliphatic heterocycles. The summed E-state index contributed by atoms with van der Waals surface area (Å²) in [5, 5.41) is 13.5. The topological polar surface area (TPSA) is 93.4 Å². The number of hydrogen-bond acceptors (Lipinski definition) is 8. The number of nitriles is 1. The monoisotopic (exact) mass is 583 g/mol. The molecule has 0 N–H and O–H groups in total. The van der Waals surface area contributed by atoms with E-state index in [1.54, 1.807) is 26.2 Å². The molecule has 1 aliphatic rings. The van der Waals surface area contributed by atoms with Gasteiger partial charge in [0, 0.05) is 36.4 Å². The first-order valence-electron chi connectivity index (χ1n) is 14.8. The number of oxime groups is 1. The maximum absolute atomic E-state index is 12.2. The van der Waals surface area contributed by atoms with Crippen molar-refractivity contribution in [2.45, 2.75) is 52.1 Å². The van der Waals surface area contributed by atoms with Crippen LogP contribution in [0, 0.1) is 11.3 Å². The molecule has 0 spiro atoms. The van der Waals surface area contributed by atoms with Gasteiger partial charge in [-0.3, -0.25) is 0 Å². The second-order valence-corrected chi connectivity index (χ2v) is 11.1. The summed E-state index contributed by atoms with van der Waals surface area (Å²) in [7, 11) is 1.54. The lowest BCUT2D eigenvalue weighted by atomic mass is 9.76. The van der Waals surface area contributed by atoms with Crippen LogP contribution in [0.5, 0.6) is 5.75 Å². The van der Waals surface area contributed by atoms with Crippen LogP contribution < -0.4 is 9.64 Å². The van der Waals surface area contributed by atoms with E-state index in [4.69, 9.17) is 19.0 Å². The molecule has 0 bridgehead atoms. The number of hydrogen-bond donors (Lipinski definition) is 0. The molecule has 0 aliphatic carbocycles. The first kappa shape index (κ1) is 31.6. The molecule has 4 rings (SSSR count). The molecule has 1 atom stereocenters. The molecular formula is C35H41N3O5. The van der Waals surface area contributed by atoms with Gasteiger partial charge in [0.1, 0.15) is 25.2 Å². The molecule has 1 heterocycles. The summed E-state index contributed by atoms with van der Waals surface area (Å²) in [5.41, 5.74) is 6.60. The van der Waals surface area contributed by atoms with E-state index in [9.17, 15) is 10.1 Å². The number of carbonyl (C=O) groups excluding carboxylic acids is 1. The second kappa shape index (κ2) is 14.7. The van der Waals surface area contributed by atoms with Gasteiger partial charge in [0.2, 0.25) is 0 Å². The fraction of sp³-hybridized carbons (Fsp3) is 0.400. The zero-order chi connectivity index (χ0) is 30.8. The van der Waals surface area contributed by atoms with Crippen molar-refractivity contribution in [3.63, 3.8) is 0 Å². The van der Waals surface area contributed by atoms with Gasteiger partial charge in [0.15, 0.2) is 6.10 Å². The Morgan fingerprint density at radius 1 is 1.02 bits per heavy atom.